The predicted octanol–water partition coefficient (Wildman–Crippen LogP) is 8.56. The Balaban J connectivity index is 0.000000219. The van der Waals surface area contributed by atoms with Crippen LogP contribution >= 0.6 is 35.6 Å². The molecule has 0 amide bonds. The van der Waals surface area contributed by atoms with Gasteiger partial charge in [0.2, 0.25) is 10.0 Å². The van der Waals surface area contributed by atoms with Crippen molar-refractivity contribution in [3.05, 3.63) is 119 Å². The molecule has 67 heavy (non-hydrogen) atoms. The second kappa shape index (κ2) is 20.2. The van der Waals surface area contributed by atoms with Gasteiger partial charge in [-0.1, -0.05) is 89.0 Å². The summed E-state index contributed by atoms with van der Waals surface area (Å²) in [5, 5.41) is 20.8. The van der Waals surface area contributed by atoms with E-state index in [4.69, 9.17) is 23.2 Å². The Morgan fingerprint density at radius 2 is 1.06 bits per heavy atom. The van der Waals surface area contributed by atoms with Gasteiger partial charge in [-0.05, 0) is 102 Å². The van der Waals surface area contributed by atoms with Gasteiger partial charge in [0.15, 0.2) is 11.6 Å². The number of hydrogen-bond acceptors (Lipinski definition) is 11. The van der Waals surface area contributed by atoms with Crippen LogP contribution in [0.25, 0.3) is 22.8 Å². The molecule has 4 heterocycles. The van der Waals surface area contributed by atoms with Crippen molar-refractivity contribution >= 4 is 77.1 Å². The lowest BCUT2D eigenvalue weighted by molar-refractivity contribution is 0.457. The number of nitrogens with zero attached hydrogens (tertiary/aromatic N) is 7. The summed E-state index contributed by atoms with van der Waals surface area (Å²) in [5.41, 5.74) is 3.67. The van der Waals surface area contributed by atoms with Crippen molar-refractivity contribution in [3.8, 4) is 22.8 Å². The lowest BCUT2D eigenvalue weighted by Crippen LogP contribution is -2.28. The Labute approximate surface area is 409 Å². The highest BCUT2D eigenvalue weighted by Gasteiger charge is 2.32. The largest absolute Gasteiger partial charge is 0.315 e. The monoisotopic (exact) mass is 1030 g/mol. The van der Waals surface area contributed by atoms with E-state index in [9.17, 15) is 25.3 Å². The molecule has 6 aromatic rings. The van der Waals surface area contributed by atoms with Crippen LogP contribution in [-0.4, -0.2) is 91.5 Å². The van der Waals surface area contributed by atoms with Crippen molar-refractivity contribution < 1.29 is 25.3 Å². The van der Waals surface area contributed by atoms with Crippen molar-refractivity contribution in [2.45, 2.75) is 87.1 Å². The van der Waals surface area contributed by atoms with E-state index >= 15 is 0 Å². The number of nitrogens with one attached hydrogen (secondary N) is 3. The normalized spacial score (nSPS) is 17.1. The Hall–Kier alpha value is -4.60. The highest BCUT2D eigenvalue weighted by Crippen LogP contribution is 2.36. The van der Waals surface area contributed by atoms with Crippen molar-refractivity contribution in [2.24, 2.45) is 0 Å². The smallest absolute Gasteiger partial charge is 0.261 e. The van der Waals surface area contributed by atoms with E-state index in [1.165, 1.54) is 16.9 Å². The van der Waals surface area contributed by atoms with Crippen LogP contribution in [0.1, 0.15) is 77.6 Å². The minimum absolute atomic E-state index is 0. The molecule has 4 aromatic carbocycles. The Bertz CT molecular complexity index is 3040. The average Bonchev–Trinajstić information content (AvgIpc) is 4.09. The molecule has 2 fully saturated rings. The number of benzene rings is 4. The number of hydrogen-bond donors (Lipinski definition) is 3. The molecule has 2 aliphatic heterocycles. The van der Waals surface area contributed by atoms with Crippen LogP contribution < -0.4 is 14.8 Å². The minimum Gasteiger partial charge on any atom is -0.315 e. The molecule has 2 aromatic heterocycles. The van der Waals surface area contributed by atoms with E-state index in [2.05, 4.69) is 76.7 Å². The molecular formula is C45H55Cl3N10O6S3. The number of sulfonamides is 3. The first-order valence-corrected chi connectivity index (χ1v) is 26.8. The molecule has 0 bridgehead atoms. The van der Waals surface area contributed by atoms with E-state index < -0.39 is 30.1 Å². The fraction of sp³-hybridized carbons (Fsp3) is 0.378. The van der Waals surface area contributed by atoms with Gasteiger partial charge in [0, 0.05) is 40.8 Å². The maximum atomic E-state index is 13.2. The molecular weight excluding hydrogens is 979 g/mol. The lowest BCUT2D eigenvalue weighted by Gasteiger charge is -2.20. The molecule has 2 atom stereocenters. The number of aromatic nitrogens is 6. The Kier molecular flexibility index (Phi) is 15.6. The van der Waals surface area contributed by atoms with Gasteiger partial charge in [-0.25, -0.2) is 29.6 Å². The average molecular weight is 1030 g/mol. The first-order chi connectivity index (χ1) is 30.9. The molecule has 360 valence electrons. The summed E-state index contributed by atoms with van der Waals surface area (Å²) in [7, 11) is -11.0. The molecule has 16 nitrogen and oxygen atoms in total. The fourth-order valence-electron chi connectivity index (χ4n) is 7.78. The third-order valence-corrected chi connectivity index (χ3v) is 16.1. The quantitative estimate of drug-likeness (QED) is 0.112. The van der Waals surface area contributed by atoms with E-state index in [0.29, 0.717) is 57.2 Å². The van der Waals surface area contributed by atoms with Gasteiger partial charge in [0.05, 0.1) is 39.5 Å². The highest BCUT2D eigenvalue weighted by molar-refractivity contribution is 7.93. The van der Waals surface area contributed by atoms with Gasteiger partial charge < -0.3 is 14.5 Å². The molecule has 8 rings (SSSR count). The Morgan fingerprint density at radius 1 is 0.627 bits per heavy atom. The molecule has 0 spiro atoms. The van der Waals surface area contributed by atoms with Crippen LogP contribution in [0.15, 0.2) is 107 Å². The third kappa shape index (κ3) is 12.2. The zero-order chi connectivity index (χ0) is 47.8. The van der Waals surface area contributed by atoms with Gasteiger partial charge in [-0.2, -0.15) is 0 Å². The molecule has 22 heteroatoms. The summed E-state index contributed by atoms with van der Waals surface area (Å²) in [5.74, 6) is 0.977. The second-order valence-electron chi connectivity index (χ2n) is 18.5. The highest BCUT2D eigenvalue weighted by atomic mass is 35.5. The van der Waals surface area contributed by atoms with Crippen LogP contribution in [0.4, 0.5) is 11.4 Å². The zero-order valence-electron chi connectivity index (χ0n) is 38.1. The summed E-state index contributed by atoms with van der Waals surface area (Å²) in [6.07, 6.45) is 5.92. The summed E-state index contributed by atoms with van der Waals surface area (Å²) < 4.78 is 87.1. The number of halogens is 3. The van der Waals surface area contributed by atoms with Crippen molar-refractivity contribution in [1.82, 2.24) is 39.2 Å². The molecule has 2 saturated heterocycles. The summed E-state index contributed by atoms with van der Waals surface area (Å²) in [6.45, 7) is 14.8. The summed E-state index contributed by atoms with van der Waals surface area (Å²) >= 11 is 12.5. The van der Waals surface area contributed by atoms with Crippen LogP contribution in [0.5, 0.6) is 0 Å². The van der Waals surface area contributed by atoms with E-state index in [0.717, 1.165) is 30.6 Å². The fourth-order valence-corrected chi connectivity index (χ4v) is 11.2. The van der Waals surface area contributed by atoms with E-state index in [-0.39, 0.29) is 51.7 Å². The van der Waals surface area contributed by atoms with Crippen LogP contribution in [0.2, 0.25) is 10.0 Å². The Morgan fingerprint density at radius 3 is 1.43 bits per heavy atom. The third-order valence-electron chi connectivity index (χ3n) is 11.6. The van der Waals surface area contributed by atoms with E-state index in [1.54, 1.807) is 71.6 Å². The molecule has 3 N–H and O–H groups in total. The minimum atomic E-state index is -3.90. The van der Waals surface area contributed by atoms with Gasteiger partial charge in [-0.3, -0.25) is 9.44 Å². The zero-order valence-corrected chi connectivity index (χ0v) is 42.9. The van der Waals surface area contributed by atoms with Crippen molar-refractivity contribution in [2.75, 3.05) is 41.9 Å². The van der Waals surface area contributed by atoms with Crippen LogP contribution in [0.3, 0.4) is 0 Å². The van der Waals surface area contributed by atoms with Crippen molar-refractivity contribution in [3.63, 3.8) is 0 Å². The maximum absolute atomic E-state index is 13.2. The first kappa shape index (κ1) is 51.8. The molecule has 2 unspecified atom stereocenters. The van der Waals surface area contributed by atoms with Gasteiger partial charge in [-0.15, -0.1) is 32.8 Å². The maximum Gasteiger partial charge on any atom is 0.261 e. The van der Waals surface area contributed by atoms with Crippen molar-refractivity contribution in [1.29, 1.82) is 0 Å². The van der Waals surface area contributed by atoms with Gasteiger partial charge >= 0.3 is 0 Å². The van der Waals surface area contributed by atoms with E-state index in [1.807, 2.05) is 28.8 Å². The topological polar surface area (TPSA) is 203 Å². The lowest BCUT2D eigenvalue weighted by atomic mass is 9.87. The second-order valence-corrected chi connectivity index (χ2v) is 24.7. The standard InChI is InChI=1S/C23H28ClN5O4S2.C22H26ClN5O2S.ClH/c1-23(2,3)16-5-8-19(9-6-16)35(32,33)27-21-10-7-17(24)13-20(21)22-26-25-15-29(22)18-11-12-28(14-18)34(4,30)31;1-22(2,3)15-4-7-18(8-5-15)31(29,30)27-20-9-6-16(23)12-19(20)21-26-25-14-28(21)17-10-11-24-13-17;/h5-10,13,15,18,27H,11-12,14H2,1-4H3;4-9,12,14,17,24,27H,10-11,13H2,1-3H3;1H. The van der Waals surface area contributed by atoms with Crippen LogP contribution in [0, 0.1) is 0 Å². The molecule has 2 aliphatic rings. The number of anilines is 2. The molecule has 0 radical (unpaired) electrons. The first-order valence-electron chi connectivity index (χ1n) is 21.2. The summed E-state index contributed by atoms with van der Waals surface area (Å²) in [6, 6.07) is 23.6. The SMILES string of the molecule is CC(C)(C)c1ccc(S(=O)(=O)Nc2ccc(Cl)cc2-c2nncn2C2CCN(S(C)(=O)=O)C2)cc1.CC(C)(C)c1ccc(S(=O)(=O)Nc2ccc(Cl)cc2-c2nncn2C2CCNC2)cc1.Cl. The molecule has 0 saturated carbocycles. The van der Waals surface area contributed by atoms with Crippen LogP contribution in [-0.2, 0) is 40.9 Å². The number of rotatable bonds is 11. The van der Waals surface area contributed by atoms with Gasteiger partial charge in [0.25, 0.3) is 20.0 Å². The molecule has 0 aliphatic carbocycles. The van der Waals surface area contributed by atoms with Gasteiger partial charge in [0.1, 0.15) is 12.7 Å². The summed E-state index contributed by atoms with van der Waals surface area (Å²) in [4.78, 5) is 0.329. The predicted molar refractivity (Wildman–Crippen MR) is 267 cm³/mol.